The summed E-state index contributed by atoms with van der Waals surface area (Å²) in [4.78, 5) is 50.8. The molecule has 5 heterocycles. The van der Waals surface area contributed by atoms with Gasteiger partial charge < -0.3 is 19.9 Å². The van der Waals surface area contributed by atoms with Crippen LogP contribution < -0.4 is 15.1 Å². The fraction of sp³-hybridized carbons (Fsp3) is 0.250. The molecular formula is C40H35FN4O4S. The third kappa shape index (κ3) is 5.78. The molecule has 0 radical (unpaired) electrons. The minimum absolute atomic E-state index is 0.00143. The van der Waals surface area contributed by atoms with Gasteiger partial charge in [0.1, 0.15) is 11.6 Å². The number of nitrogens with one attached hydrogen (secondary N) is 1. The topological polar surface area (TPSA) is 91.8 Å². The monoisotopic (exact) mass is 686 g/mol. The summed E-state index contributed by atoms with van der Waals surface area (Å²) < 4.78 is 19.9. The number of pyridine rings is 1. The van der Waals surface area contributed by atoms with Crippen molar-refractivity contribution in [3.05, 3.63) is 129 Å². The maximum atomic E-state index is 14.5. The second kappa shape index (κ2) is 12.6. The maximum absolute atomic E-state index is 14.5. The number of benzene rings is 3. The number of para-hydroxylation sites is 1. The molecule has 0 saturated carbocycles. The number of rotatable bonds is 7. The van der Waals surface area contributed by atoms with E-state index in [0.29, 0.717) is 46.0 Å². The van der Waals surface area contributed by atoms with Gasteiger partial charge in [0.2, 0.25) is 0 Å². The molecule has 3 aliphatic rings. The molecule has 3 aliphatic heterocycles. The van der Waals surface area contributed by atoms with E-state index >= 15 is 0 Å². The molecule has 1 N–H and O–H groups in total. The molecular weight excluding hydrogens is 652 g/mol. The van der Waals surface area contributed by atoms with Crippen molar-refractivity contribution in [2.45, 2.75) is 26.7 Å². The molecule has 1 spiro atoms. The van der Waals surface area contributed by atoms with Crippen LogP contribution in [0.15, 0.2) is 85.1 Å². The summed E-state index contributed by atoms with van der Waals surface area (Å²) in [6.07, 6.45) is 2.34. The van der Waals surface area contributed by atoms with E-state index in [2.05, 4.69) is 15.2 Å². The van der Waals surface area contributed by atoms with Gasteiger partial charge in [-0.25, -0.2) is 9.37 Å². The minimum atomic E-state index is -0.371. The zero-order valence-electron chi connectivity index (χ0n) is 27.8. The molecule has 2 amide bonds. The number of carbonyl (C=O) groups excluding carboxylic acids is 3. The molecule has 2 fully saturated rings. The lowest BCUT2D eigenvalue weighted by Crippen LogP contribution is -2.66. The van der Waals surface area contributed by atoms with Crippen molar-refractivity contribution in [2.24, 2.45) is 5.41 Å². The zero-order chi connectivity index (χ0) is 34.6. The fourth-order valence-electron chi connectivity index (χ4n) is 7.10. The Balaban J connectivity index is 0.987. The number of nitrogens with zero attached hydrogens (tertiary/aromatic N) is 3. The number of aryl methyl sites for hydroxylation is 2. The average Bonchev–Trinajstić information content (AvgIpc) is 3.44. The van der Waals surface area contributed by atoms with Crippen molar-refractivity contribution in [3.63, 3.8) is 0 Å². The Morgan fingerprint density at radius 2 is 1.76 bits per heavy atom. The third-order valence-corrected chi connectivity index (χ3v) is 11.1. The predicted octanol–water partition coefficient (Wildman–Crippen LogP) is 7.28. The first-order valence-electron chi connectivity index (χ1n) is 16.7. The van der Waals surface area contributed by atoms with Crippen LogP contribution >= 0.6 is 11.3 Å². The number of anilines is 3. The van der Waals surface area contributed by atoms with Crippen LogP contribution in [0.25, 0.3) is 10.4 Å². The van der Waals surface area contributed by atoms with Crippen LogP contribution in [-0.4, -0.2) is 55.4 Å². The Hall–Kier alpha value is -5.19. The molecule has 2 aromatic heterocycles. The number of ketones is 1. The summed E-state index contributed by atoms with van der Waals surface area (Å²) in [7, 11) is 0. The Morgan fingerprint density at radius 1 is 0.980 bits per heavy atom. The molecule has 50 heavy (non-hydrogen) atoms. The Morgan fingerprint density at radius 3 is 2.50 bits per heavy atom. The summed E-state index contributed by atoms with van der Waals surface area (Å²) in [5.74, 6) is -0.239. The SMILES string of the molecule is Cc1cnc(N2CC3(COC3)C2)c(C(=O)Nc2ccc(C(=O)N3CCc4cc(C(=O)Cc5c(C)cccc5F)sc4-c4ccccc43)cc2)c1. The van der Waals surface area contributed by atoms with Crippen LogP contribution in [0.2, 0.25) is 0 Å². The molecule has 252 valence electrons. The van der Waals surface area contributed by atoms with E-state index in [0.717, 1.165) is 59.1 Å². The highest BCUT2D eigenvalue weighted by Crippen LogP contribution is 2.43. The van der Waals surface area contributed by atoms with Crippen molar-refractivity contribution in [2.75, 3.05) is 48.0 Å². The van der Waals surface area contributed by atoms with Crippen molar-refractivity contribution in [1.82, 2.24) is 4.98 Å². The zero-order valence-corrected chi connectivity index (χ0v) is 28.6. The smallest absolute Gasteiger partial charge is 0.259 e. The van der Waals surface area contributed by atoms with Gasteiger partial charge in [0.05, 0.1) is 34.8 Å². The van der Waals surface area contributed by atoms with E-state index < -0.39 is 0 Å². The summed E-state index contributed by atoms with van der Waals surface area (Å²) in [5, 5.41) is 2.99. The first-order valence-corrected chi connectivity index (χ1v) is 17.5. The lowest BCUT2D eigenvalue weighted by Gasteiger charge is -2.55. The molecule has 8 rings (SSSR count). The predicted molar refractivity (Wildman–Crippen MR) is 193 cm³/mol. The second-order valence-electron chi connectivity index (χ2n) is 13.6. The van der Waals surface area contributed by atoms with Crippen LogP contribution in [0.3, 0.4) is 0 Å². The number of carbonyl (C=O) groups is 3. The summed E-state index contributed by atoms with van der Waals surface area (Å²) in [6, 6.07) is 23.3. The van der Waals surface area contributed by atoms with Crippen molar-refractivity contribution in [3.8, 4) is 10.4 Å². The van der Waals surface area contributed by atoms with Gasteiger partial charge in [-0.15, -0.1) is 11.3 Å². The molecule has 2 saturated heterocycles. The van der Waals surface area contributed by atoms with Gasteiger partial charge in [0.25, 0.3) is 11.8 Å². The van der Waals surface area contributed by atoms with E-state index in [1.165, 1.54) is 17.4 Å². The van der Waals surface area contributed by atoms with Crippen LogP contribution in [0.4, 0.5) is 21.6 Å². The third-order valence-electron chi connectivity index (χ3n) is 9.87. The number of fused-ring (bicyclic) bond motifs is 3. The maximum Gasteiger partial charge on any atom is 0.259 e. The van der Waals surface area contributed by atoms with E-state index in [9.17, 15) is 18.8 Å². The molecule has 0 unspecified atom stereocenters. The van der Waals surface area contributed by atoms with Gasteiger partial charge in [-0.1, -0.05) is 30.3 Å². The van der Waals surface area contributed by atoms with Gasteiger partial charge in [0, 0.05) is 53.9 Å². The van der Waals surface area contributed by atoms with Gasteiger partial charge in [0.15, 0.2) is 5.78 Å². The normalized spacial score (nSPS) is 15.7. The molecule has 5 aromatic rings. The Kier molecular flexibility index (Phi) is 8.08. The number of hydrogen-bond donors (Lipinski definition) is 1. The molecule has 10 heteroatoms. The molecule has 3 aromatic carbocycles. The number of ether oxygens (including phenoxy) is 1. The van der Waals surface area contributed by atoms with E-state index in [1.54, 1.807) is 41.4 Å². The highest BCUT2D eigenvalue weighted by atomic mass is 32.1. The molecule has 0 bridgehead atoms. The summed E-state index contributed by atoms with van der Waals surface area (Å²) in [5.41, 5.74) is 6.48. The van der Waals surface area contributed by atoms with E-state index in [4.69, 9.17) is 4.74 Å². The van der Waals surface area contributed by atoms with Crippen molar-refractivity contribution >= 4 is 46.1 Å². The van der Waals surface area contributed by atoms with Gasteiger partial charge >= 0.3 is 0 Å². The van der Waals surface area contributed by atoms with Gasteiger partial charge in [-0.3, -0.25) is 14.4 Å². The average molecular weight is 687 g/mol. The number of Topliss-reactive ketones (excluding diaryl/α,β-unsaturated/α-hetero) is 1. The lowest BCUT2D eigenvalue weighted by atomic mass is 9.78. The Labute approximate surface area is 293 Å². The number of aromatic nitrogens is 1. The van der Waals surface area contributed by atoms with E-state index in [-0.39, 0.29) is 35.3 Å². The summed E-state index contributed by atoms with van der Waals surface area (Å²) in [6.45, 7) is 7.29. The quantitative estimate of drug-likeness (QED) is 0.181. The first kappa shape index (κ1) is 32.0. The molecule has 8 nitrogen and oxygen atoms in total. The number of halogens is 1. The van der Waals surface area contributed by atoms with Crippen LogP contribution in [-0.2, 0) is 17.6 Å². The van der Waals surface area contributed by atoms with Crippen LogP contribution in [0.1, 0.15) is 52.6 Å². The Bertz CT molecular complexity index is 2150. The number of amides is 2. The van der Waals surface area contributed by atoms with E-state index in [1.807, 2.05) is 56.3 Å². The number of thiophene rings is 1. The van der Waals surface area contributed by atoms with Gasteiger partial charge in [-0.05, 0) is 91.1 Å². The van der Waals surface area contributed by atoms with Gasteiger partial charge in [-0.2, -0.15) is 0 Å². The highest BCUT2D eigenvalue weighted by molar-refractivity contribution is 7.17. The number of hydrogen-bond acceptors (Lipinski definition) is 7. The second-order valence-corrected chi connectivity index (χ2v) is 14.6. The minimum Gasteiger partial charge on any atom is -0.380 e. The first-order chi connectivity index (χ1) is 24.2. The fourth-order valence-corrected chi connectivity index (χ4v) is 8.28. The summed E-state index contributed by atoms with van der Waals surface area (Å²) >= 11 is 1.39. The van der Waals surface area contributed by atoms with Crippen LogP contribution in [0, 0.1) is 25.1 Å². The van der Waals surface area contributed by atoms with Crippen molar-refractivity contribution in [1.29, 1.82) is 0 Å². The highest BCUT2D eigenvalue weighted by Gasteiger charge is 2.50. The molecule has 0 atom stereocenters. The van der Waals surface area contributed by atoms with Crippen LogP contribution in [0.5, 0.6) is 0 Å². The lowest BCUT2D eigenvalue weighted by molar-refractivity contribution is -0.127. The van der Waals surface area contributed by atoms with Crippen molar-refractivity contribution < 1.29 is 23.5 Å². The standard InChI is InChI=1S/C40H35FN4O4S/c1-24-16-31(37(42-19-24)44-20-40(21-44)22-49-23-40)38(47)43-28-12-10-26(11-13-28)39(48)45-15-14-27-17-35(50-36(27)29-7-3-4-9-33(29)45)34(46)18-30-25(2)6-5-8-32(30)41/h3-13,16-17,19H,14-15,18,20-23H2,1-2H3,(H,43,47). The molecule has 0 aliphatic carbocycles. The largest absolute Gasteiger partial charge is 0.380 e.